The van der Waals surface area contributed by atoms with Crippen LogP contribution in [-0.2, 0) is 23.0 Å². The van der Waals surface area contributed by atoms with E-state index >= 15 is 0 Å². The van der Waals surface area contributed by atoms with E-state index in [1.165, 1.54) is 18.2 Å². The topological polar surface area (TPSA) is 85.3 Å². The Balaban J connectivity index is 1.82. The van der Waals surface area contributed by atoms with Crippen molar-refractivity contribution in [3.63, 3.8) is 0 Å². The Morgan fingerprint density at radius 2 is 1.95 bits per heavy atom. The maximum absolute atomic E-state index is 13.3. The Hall–Kier alpha value is -1.70. The summed E-state index contributed by atoms with van der Waals surface area (Å²) in [5.74, 6) is 0.228. The first kappa shape index (κ1) is 14.7. The summed E-state index contributed by atoms with van der Waals surface area (Å²) in [5.41, 5.74) is 0.629. The minimum Gasteiger partial charge on any atom is -0.447 e. The van der Waals surface area contributed by atoms with Crippen molar-refractivity contribution in [1.82, 2.24) is 5.32 Å². The fraction of sp³-hybridized carbons (Fsp3) is 0.231. The Kier molecular flexibility index (Phi) is 4.53. The third kappa shape index (κ3) is 3.89. The van der Waals surface area contributed by atoms with E-state index in [0.717, 1.165) is 0 Å². The number of nitrogens with one attached hydrogen (secondary N) is 1. The van der Waals surface area contributed by atoms with Crippen LogP contribution in [-0.4, -0.2) is 15.0 Å². The quantitative estimate of drug-likeness (QED) is 0.789. The average Bonchev–Trinajstić information content (AvgIpc) is 2.85. The molecule has 0 aliphatic rings. The Morgan fingerprint density at radius 1 is 1.20 bits per heavy atom. The molecule has 1 aromatic carbocycles. The first-order valence-electron chi connectivity index (χ1n) is 6.02. The van der Waals surface area contributed by atoms with Crippen LogP contribution in [0, 0.1) is 5.82 Å². The van der Waals surface area contributed by atoms with Gasteiger partial charge in [-0.15, -0.1) is 0 Å². The third-order valence-electron chi connectivity index (χ3n) is 2.75. The van der Waals surface area contributed by atoms with Gasteiger partial charge in [0, 0.05) is 0 Å². The van der Waals surface area contributed by atoms with Crippen molar-refractivity contribution in [3.8, 4) is 0 Å². The largest absolute Gasteiger partial charge is 0.447 e. The fourth-order valence-corrected chi connectivity index (χ4v) is 2.22. The van der Waals surface area contributed by atoms with E-state index in [4.69, 9.17) is 9.56 Å². The van der Waals surface area contributed by atoms with Gasteiger partial charge in [0.1, 0.15) is 11.6 Å². The molecule has 0 fully saturated rings. The summed E-state index contributed by atoms with van der Waals surface area (Å²) in [6.45, 7) is 0.899. The van der Waals surface area contributed by atoms with E-state index in [9.17, 15) is 12.8 Å². The van der Waals surface area contributed by atoms with Crippen LogP contribution >= 0.6 is 0 Å². The second-order valence-corrected chi connectivity index (χ2v) is 5.78. The highest BCUT2D eigenvalue weighted by atomic mass is 32.2. The van der Waals surface area contributed by atoms with Crippen molar-refractivity contribution in [2.75, 3.05) is 6.54 Å². The van der Waals surface area contributed by atoms with Crippen LogP contribution in [0.25, 0.3) is 0 Å². The standard InChI is InChI=1S/C13H15FN2O3S/c14-12-4-2-1-3-10(12)7-8-16-9-11-5-6-13(19-11)20(15,17)18/h1-6,16H,7-9H2,(H2,15,17,18). The molecule has 0 spiro atoms. The van der Waals surface area contributed by atoms with Gasteiger partial charge < -0.3 is 9.73 Å². The van der Waals surface area contributed by atoms with Crippen LogP contribution in [0.5, 0.6) is 0 Å². The summed E-state index contributed by atoms with van der Waals surface area (Å²) in [4.78, 5) is 0. The Bertz CT molecular complexity index is 682. The zero-order chi connectivity index (χ0) is 14.6. The number of rotatable bonds is 6. The van der Waals surface area contributed by atoms with Gasteiger partial charge in [0.15, 0.2) is 0 Å². The Morgan fingerprint density at radius 3 is 2.60 bits per heavy atom. The van der Waals surface area contributed by atoms with E-state index in [0.29, 0.717) is 30.8 Å². The van der Waals surface area contributed by atoms with Crippen molar-refractivity contribution < 1.29 is 17.2 Å². The molecule has 0 saturated carbocycles. The van der Waals surface area contributed by atoms with Crippen molar-refractivity contribution in [1.29, 1.82) is 0 Å². The molecule has 0 atom stereocenters. The Labute approximate surface area is 116 Å². The summed E-state index contributed by atoms with van der Waals surface area (Å²) >= 11 is 0. The van der Waals surface area contributed by atoms with E-state index in [1.807, 2.05) is 0 Å². The van der Waals surface area contributed by atoms with Crippen LogP contribution < -0.4 is 10.5 Å². The fourth-order valence-electron chi connectivity index (χ4n) is 1.74. The van der Waals surface area contributed by atoms with Crippen LogP contribution in [0.4, 0.5) is 4.39 Å². The molecule has 1 aromatic heterocycles. The number of nitrogens with two attached hydrogens (primary N) is 1. The zero-order valence-corrected chi connectivity index (χ0v) is 11.5. The molecule has 108 valence electrons. The lowest BCUT2D eigenvalue weighted by Crippen LogP contribution is -2.17. The molecule has 7 heteroatoms. The number of sulfonamides is 1. The SMILES string of the molecule is NS(=O)(=O)c1ccc(CNCCc2ccccc2F)o1. The van der Waals surface area contributed by atoms with E-state index in [2.05, 4.69) is 5.32 Å². The zero-order valence-electron chi connectivity index (χ0n) is 10.7. The molecular weight excluding hydrogens is 283 g/mol. The molecular formula is C13H15FN2O3S. The first-order chi connectivity index (χ1) is 9.47. The molecule has 3 N–H and O–H groups in total. The summed E-state index contributed by atoms with van der Waals surface area (Å²) < 4.78 is 40.5. The van der Waals surface area contributed by atoms with Crippen LogP contribution in [0.15, 0.2) is 45.9 Å². The lowest BCUT2D eigenvalue weighted by atomic mass is 10.1. The molecule has 0 saturated heterocycles. The minimum atomic E-state index is -3.81. The summed E-state index contributed by atoms with van der Waals surface area (Å²) in [6.07, 6.45) is 0.537. The summed E-state index contributed by atoms with van der Waals surface area (Å²) in [5, 5.41) is 7.72. The molecule has 0 aliphatic carbocycles. The third-order valence-corrected chi connectivity index (χ3v) is 3.53. The van der Waals surface area contributed by atoms with Crippen molar-refractivity contribution in [3.05, 3.63) is 53.5 Å². The van der Waals surface area contributed by atoms with Gasteiger partial charge in [0.2, 0.25) is 5.09 Å². The molecule has 2 rings (SSSR count). The minimum absolute atomic E-state index is 0.233. The lowest BCUT2D eigenvalue weighted by molar-refractivity contribution is 0.403. The number of hydrogen-bond donors (Lipinski definition) is 2. The van der Waals surface area contributed by atoms with Crippen LogP contribution in [0.1, 0.15) is 11.3 Å². The van der Waals surface area contributed by atoms with Gasteiger partial charge in [-0.3, -0.25) is 0 Å². The maximum Gasteiger partial charge on any atom is 0.271 e. The van der Waals surface area contributed by atoms with Crippen molar-refractivity contribution in [2.24, 2.45) is 5.14 Å². The van der Waals surface area contributed by atoms with Gasteiger partial charge in [-0.25, -0.2) is 17.9 Å². The summed E-state index contributed by atoms with van der Waals surface area (Å²) in [6, 6.07) is 9.41. The van der Waals surface area contributed by atoms with Gasteiger partial charge in [-0.2, -0.15) is 0 Å². The highest BCUT2D eigenvalue weighted by molar-refractivity contribution is 7.89. The second kappa shape index (κ2) is 6.17. The average molecular weight is 298 g/mol. The molecule has 20 heavy (non-hydrogen) atoms. The van der Waals surface area contributed by atoms with Crippen LogP contribution in [0.2, 0.25) is 0 Å². The molecule has 1 heterocycles. The van der Waals surface area contributed by atoms with Gasteiger partial charge in [0.05, 0.1) is 6.54 Å². The van der Waals surface area contributed by atoms with E-state index in [-0.39, 0.29) is 10.9 Å². The van der Waals surface area contributed by atoms with E-state index < -0.39 is 10.0 Å². The number of benzene rings is 1. The molecule has 0 aliphatic heterocycles. The van der Waals surface area contributed by atoms with Gasteiger partial charge in [-0.05, 0) is 36.7 Å². The molecule has 0 bridgehead atoms. The second-order valence-electron chi connectivity index (χ2n) is 4.28. The highest BCUT2D eigenvalue weighted by Crippen LogP contribution is 2.12. The molecule has 0 unspecified atom stereocenters. The predicted octanol–water partition coefficient (Wildman–Crippen LogP) is 1.40. The van der Waals surface area contributed by atoms with Crippen molar-refractivity contribution >= 4 is 10.0 Å². The molecule has 0 amide bonds. The maximum atomic E-state index is 13.3. The van der Waals surface area contributed by atoms with Crippen LogP contribution in [0.3, 0.4) is 0 Å². The smallest absolute Gasteiger partial charge is 0.271 e. The normalized spacial score (nSPS) is 11.7. The molecule has 0 radical (unpaired) electrons. The molecule has 2 aromatic rings. The van der Waals surface area contributed by atoms with Crippen molar-refractivity contribution in [2.45, 2.75) is 18.1 Å². The number of primary sulfonamides is 1. The number of furan rings is 1. The lowest BCUT2D eigenvalue weighted by Gasteiger charge is -2.04. The first-order valence-corrected chi connectivity index (χ1v) is 7.57. The van der Waals surface area contributed by atoms with Gasteiger partial charge in [-0.1, -0.05) is 18.2 Å². The van der Waals surface area contributed by atoms with Gasteiger partial charge in [0.25, 0.3) is 10.0 Å². The molecule has 5 nitrogen and oxygen atoms in total. The highest BCUT2D eigenvalue weighted by Gasteiger charge is 2.12. The van der Waals surface area contributed by atoms with E-state index in [1.54, 1.807) is 18.2 Å². The monoisotopic (exact) mass is 298 g/mol. The van der Waals surface area contributed by atoms with Gasteiger partial charge >= 0.3 is 0 Å². The summed E-state index contributed by atoms with van der Waals surface area (Å²) in [7, 11) is -3.81. The number of hydrogen-bond acceptors (Lipinski definition) is 4. The predicted molar refractivity (Wildman–Crippen MR) is 71.9 cm³/mol. The number of halogens is 1.